The highest BCUT2D eigenvalue weighted by Crippen LogP contribution is 2.49. The van der Waals surface area contributed by atoms with E-state index < -0.39 is 42.7 Å². The van der Waals surface area contributed by atoms with Gasteiger partial charge in [0.1, 0.15) is 18.5 Å². The molecule has 3 aliphatic rings. The van der Waals surface area contributed by atoms with E-state index in [9.17, 15) is 19.5 Å². The fraction of sp³-hybridized carbons (Fsp3) is 0.387. The van der Waals surface area contributed by atoms with Crippen molar-refractivity contribution in [3.8, 4) is 39.9 Å². The summed E-state index contributed by atoms with van der Waals surface area (Å²) >= 11 is 0. The fourth-order valence-corrected chi connectivity index (χ4v) is 5.59. The largest absolute Gasteiger partial charge is 0.508 e. The Morgan fingerprint density at radius 2 is 1.67 bits per heavy atom. The molecule has 14 heteroatoms. The van der Waals surface area contributed by atoms with Crippen molar-refractivity contribution < 1.29 is 66.9 Å². The van der Waals surface area contributed by atoms with Gasteiger partial charge < -0.3 is 52.5 Å². The quantitative estimate of drug-likeness (QED) is 0.285. The Kier molecular flexibility index (Phi) is 8.16. The van der Waals surface area contributed by atoms with Gasteiger partial charge in [-0.25, -0.2) is 9.59 Å². The summed E-state index contributed by atoms with van der Waals surface area (Å²) in [6.45, 7) is 2.32. The second-order valence-corrected chi connectivity index (χ2v) is 10.2. The van der Waals surface area contributed by atoms with E-state index in [4.69, 9.17) is 47.4 Å². The number of esters is 2. The maximum atomic E-state index is 13.4. The van der Waals surface area contributed by atoms with Gasteiger partial charge in [0.2, 0.25) is 19.2 Å². The number of aliphatic hydroxyl groups excluding tert-OH is 1. The minimum atomic E-state index is -1.46. The monoisotopic (exact) mass is 626 g/mol. The molecule has 0 aliphatic carbocycles. The van der Waals surface area contributed by atoms with Crippen molar-refractivity contribution in [2.75, 3.05) is 34.2 Å². The molecule has 0 bridgehead atoms. The van der Waals surface area contributed by atoms with Crippen LogP contribution in [0.25, 0.3) is 21.9 Å². The average molecular weight is 627 g/mol. The Bertz CT molecular complexity index is 1670. The van der Waals surface area contributed by atoms with E-state index in [-0.39, 0.29) is 37.9 Å². The summed E-state index contributed by atoms with van der Waals surface area (Å²) in [4.78, 5) is 37.7. The van der Waals surface area contributed by atoms with Gasteiger partial charge >= 0.3 is 18.1 Å². The summed E-state index contributed by atoms with van der Waals surface area (Å²) in [5, 5.41) is 11.6. The lowest BCUT2D eigenvalue weighted by Crippen LogP contribution is -2.58. The van der Waals surface area contributed by atoms with Crippen LogP contribution in [0.15, 0.2) is 30.3 Å². The zero-order valence-corrected chi connectivity index (χ0v) is 24.8. The number of aliphatic hydroxyl groups is 1. The molecule has 3 aromatic rings. The van der Waals surface area contributed by atoms with Crippen LogP contribution >= 0.6 is 0 Å². The standard InChI is InChI=1S/C31H30O14/c1-5-38-31(35)45-28-27(43-14(2)32)19(33)12-40-30(28)44-26-17-10-22(37-4)21(36-3)9-16(17)24(25-18(26)11-39-29(25)34)15-6-7-20-23(8-15)42-13-41-20/h6-10,19,27-28,30,33H,5,11-13H2,1-4H3/t19-,27+,28-,30?/m1/s1. The number of methoxy groups -OCH3 is 2. The first-order chi connectivity index (χ1) is 21.7. The molecule has 1 saturated heterocycles. The number of carbonyl (C=O) groups is 3. The van der Waals surface area contributed by atoms with E-state index in [1.54, 1.807) is 37.3 Å². The lowest BCUT2D eigenvalue weighted by atomic mass is 9.89. The number of ether oxygens (including phenoxy) is 10. The van der Waals surface area contributed by atoms with E-state index in [0.29, 0.717) is 50.5 Å². The first kappa shape index (κ1) is 30.1. The second-order valence-electron chi connectivity index (χ2n) is 10.2. The Hall–Kier alpha value is -4.95. The summed E-state index contributed by atoms with van der Waals surface area (Å²) < 4.78 is 55.7. The Morgan fingerprint density at radius 3 is 2.38 bits per heavy atom. The molecule has 3 aliphatic heterocycles. The normalized spacial score (nSPS) is 21.5. The van der Waals surface area contributed by atoms with Crippen LogP contribution in [0.4, 0.5) is 4.79 Å². The van der Waals surface area contributed by atoms with Crippen LogP contribution in [-0.2, 0) is 35.1 Å². The van der Waals surface area contributed by atoms with E-state index in [0.717, 1.165) is 6.92 Å². The molecule has 3 heterocycles. The highest BCUT2D eigenvalue weighted by atomic mass is 16.8. The van der Waals surface area contributed by atoms with Crippen molar-refractivity contribution in [2.45, 2.75) is 45.1 Å². The summed E-state index contributed by atoms with van der Waals surface area (Å²) in [6, 6.07) is 8.68. The third-order valence-electron chi connectivity index (χ3n) is 7.51. The Balaban J connectivity index is 1.54. The Labute approximate surface area is 256 Å². The van der Waals surface area contributed by atoms with Gasteiger partial charge in [0.15, 0.2) is 29.1 Å². The number of carbonyl (C=O) groups excluding carboxylic acids is 3. The summed E-state index contributed by atoms with van der Waals surface area (Å²) in [6.07, 6.45) is -6.68. The van der Waals surface area contributed by atoms with Crippen LogP contribution in [0.2, 0.25) is 0 Å². The maximum absolute atomic E-state index is 13.4. The molecule has 45 heavy (non-hydrogen) atoms. The lowest BCUT2D eigenvalue weighted by molar-refractivity contribution is -0.251. The maximum Gasteiger partial charge on any atom is 0.508 e. The number of benzene rings is 3. The summed E-state index contributed by atoms with van der Waals surface area (Å²) in [5.74, 6) is 0.619. The third-order valence-corrected chi connectivity index (χ3v) is 7.51. The minimum Gasteiger partial charge on any atom is -0.493 e. The van der Waals surface area contributed by atoms with Gasteiger partial charge in [-0.3, -0.25) is 4.79 Å². The third kappa shape index (κ3) is 5.46. The molecule has 0 radical (unpaired) electrons. The molecule has 1 N–H and O–H groups in total. The predicted octanol–water partition coefficient (Wildman–Crippen LogP) is 3.49. The van der Waals surface area contributed by atoms with E-state index in [1.807, 2.05) is 0 Å². The van der Waals surface area contributed by atoms with E-state index in [1.165, 1.54) is 14.2 Å². The smallest absolute Gasteiger partial charge is 0.493 e. The fourth-order valence-electron chi connectivity index (χ4n) is 5.59. The highest BCUT2D eigenvalue weighted by molar-refractivity contribution is 6.14. The van der Waals surface area contributed by atoms with Gasteiger partial charge in [0, 0.05) is 23.4 Å². The zero-order valence-electron chi connectivity index (χ0n) is 24.8. The molecule has 3 aromatic carbocycles. The molecule has 0 amide bonds. The molecule has 238 valence electrons. The van der Waals surface area contributed by atoms with Crippen molar-refractivity contribution in [1.82, 2.24) is 0 Å². The van der Waals surface area contributed by atoms with Crippen LogP contribution in [0.5, 0.6) is 28.7 Å². The molecular formula is C31H30O14. The van der Waals surface area contributed by atoms with Crippen LogP contribution in [0, 0.1) is 0 Å². The van der Waals surface area contributed by atoms with Gasteiger partial charge in [-0.05, 0) is 42.1 Å². The number of hydrogen-bond acceptors (Lipinski definition) is 14. The lowest BCUT2D eigenvalue weighted by Gasteiger charge is -2.39. The Morgan fingerprint density at radius 1 is 0.933 bits per heavy atom. The van der Waals surface area contributed by atoms with Gasteiger partial charge in [0.05, 0.1) is 33.0 Å². The van der Waals surface area contributed by atoms with Crippen LogP contribution < -0.4 is 23.7 Å². The van der Waals surface area contributed by atoms with Crippen molar-refractivity contribution in [1.29, 1.82) is 0 Å². The number of fused-ring (bicyclic) bond motifs is 3. The SMILES string of the molecule is CCOC(=O)O[C@H]1C(Oc2c3c(c(-c4ccc5c(c4)OCO5)c4cc(OC)c(OC)cc24)C(=O)OC3)OC[C@@H](O)[C@@H]1OC(C)=O. The first-order valence-electron chi connectivity index (χ1n) is 14.0. The number of cyclic esters (lactones) is 1. The highest BCUT2D eigenvalue weighted by Gasteiger charge is 2.47. The molecule has 0 saturated carbocycles. The summed E-state index contributed by atoms with van der Waals surface area (Å²) in [7, 11) is 2.96. The van der Waals surface area contributed by atoms with E-state index >= 15 is 0 Å². The first-order valence-corrected chi connectivity index (χ1v) is 14.0. The molecule has 1 unspecified atom stereocenters. The van der Waals surface area contributed by atoms with E-state index in [2.05, 4.69) is 0 Å². The van der Waals surface area contributed by atoms with Crippen molar-refractivity contribution >= 4 is 28.9 Å². The number of rotatable bonds is 8. The molecule has 1 fully saturated rings. The van der Waals surface area contributed by atoms with Gasteiger partial charge in [-0.1, -0.05) is 6.07 Å². The zero-order chi connectivity index (χ0) is 31.8. The summed E-state index contributed by atoms with van der Waals surface area (Å²) in [5.41, 5.74) is 1.75. The van der Waals surface area contributed by atoms with Crippen LogP contribution in [0.3, 0.4) is 0 Å². The number of hydrogen-bond donors (Lipinski definition) is 1. The van der Waals surface area contributed by atoms with Gasteiger partial charge in [0.25, 0.3) is 0 Å². The molecule has 14 nitrogen and oxygen atoms in total. The topological polar surface area (TPSA) is 164 Å². The van der Waals surface area contributed by atoms with Crippen molar-refractivity contribution in [2.24, 2.45) is 0 Å². The average Bonchev–Trinajstić information content (AvgIpc) is 3.65. The molecule has 4 atom stereocenters. The van der Waals surface area contributed by atoms with Gasteiger partial charge in [-0.2, -0.15) is 0 Å². The molecule has 0 spiro atoms. The molecule has 6 rings (SSSR count). The van der Waals surface area contributed by atoms with Gasteiger partial charge in [-0.15, -0.1) is 0 Å². The molecule has 0 aromatic heterocycles. The minimum absolute atomic E-state index is 0.000730. The second kappa shape index (κ2) is 12.2. The van der Waals surface area contributed by atoms with Crippen molar-refractivity contribution in [3.05, 3.63) is 41.5 Å². The van der Waals surface area contributed by atoms with Crippen molar-refractivity contribution in [3.63, 3.8) is 0 Å². The predicted molar refractivity (Wildman–Crippen MR) is 152 cm³/mol. The van der Waals surface area contributed by atoms with Crippen LogP contribution in [0.1, 0.15) is 29.8 Å². The molecular weight excluding hydrogens is 596 g/mol. The van der Waals surface area contributed by atoms with Crippen LogP contribution in [-0.4, -0.2) is 82.0 Å².